The Morgan fingerprint density at radius 1 is 1.27 bits per heavy atom. The second kappa shape index (κ2) is 12.7. The first-order valence-electron chi connectivity index (χ1n) is 3.93. The van der Waals surface area contributed by atoms with E-state index in [0.717, 1.165) is 0 Å². The molecule has 0 aromatic heterocycles. The van der Waals surface area contributed by atoms with Crippen LogP contribution in [0.1, 0.15) is 33.1 Å². The molecule has 0 saturated carbocycles. The van der Waals surface area contributed by atoms with Crippen LogP contribution in [0.4, 0.5) is 0 Å². The molecule has 0 saturated heterocycles. The van der Waals surface area contributed by atoms with E-state index in [0.29, 0.717) is 6.42 Å². The zero-order chi connectivity index (χ0) is 9.11. The molecule has 0 spiro atoms. The van der Waals surface area contributed by atoms with Gasteiger partial charge in [0, 0.05) is 13.0 Å². The van der Waals surface area contributed by atoms with Crippen molar-refractivity contribution in [2.24, 2.45) is 0 Å². The molecule has 1 atom stereocenters. The zero-order valence-corrected chi connectivity index (χ0v) is 8.18. The number of aliphatic hydroxyl groups is 1. The lowest BCUT2D eigenvalue weighted by Gasteiger charge is -1.76. The van der Waals surface area contributed by atoms with Crippen LogP contribution in [0.3, 0.4) is 0 Å². The minimum atomic E-state index is -2.02. The van der Waals surface area contributed by atoms with E-state index in [1.165, 1.54) is 12.8 Å². The molecule has 68 valence electrons. The van der Waals surface area contributed by atoms with Crippen LogP contribution in [0.5, 0.6) is 0 Å². The van der Waals surface area contributed by atoms with Crippen LogP contribution in [0.25, 0.3) is 0 Å². The summed E-state index contributed by atoms with van der Waals surface area (Å²) in [5.74, 6) is 0. The van der Waals surface area contributed by atoms with Gasteiger partial charge in [0.05, 0.1) is 0 Å². The molecule has 0 bridgehead atoms. The number of unbranched alkanes of at least 4 members (excludes halogenated alkanes) is 1. The van der Waals surface area contributed by atoms with Crippen LogP contribution >= 0.6 is 8.03 Å². The SMILES string of the molecule is CCCC.O=[P+](O)CCCO. The van der Waals surface area contributed by atoms with E-state index in [1.807, 2.05) is 0 Å². The van der Waals surface area contributed by atoms with Crippen molar-refractivity contribution in [2.75, 3.05) is 12.8 Å². The molecule has 0 rings (SSSR count). The van der Waals surface area contributed by atoms with Gasteiger partial charge in [0.1, 0.15) is 0 Å². The smallest absolute Gasteiger partial charge is 0.396 e. The third-order valence-electron chi connectivity index (χ3n) is 1.01. The van der Waals surface area contributed by atoms with Crippen LogP contribution in [-0.4, -0.2) is 22.8 Å². The molecule has 2 N–H and O–H groups in total. The van der Waals surface area contributed by atoms with Gasteiger partial charge >= 0.3 is 8.03 Å². The largest absolute Gasteiger partial charge is 0.505 e. The average Bonchev–Trinajstić information content (AvgIpc) is 2.01. The molecular formula is C7H18O3P+. The van der Waals surface area contributed by atoms with Gasteiger partial charge in [0.25, 0.3) is 0 Å². The predicted octanol–water partition coefficient (Wildman–Crippen LogP) is 1.91. The Hall–Kier alpha value is 0.0200. The summed E-state index contributed by atoms with van der Waals surface area (Å²) in [4.78, 5) is 8.08. The average molecular weight is 181 g/mol. The minimum absolute atomic E-state index is 0.00162. The fraction of sp³-hybridized carbons (Fsp3) is 1.00. The standard InChI is InChI=1S/C4H10.C3H7O3P/c1-3-4-2;4-2-1-3-7(5)6/h3-4H2,1-2H3;4H,1-3H2/p+1. The normalized spacial score (nSPS) is 10.0. The van der Waals surface area contributed by atoms with Crippen LogP contribution in [0, 0.1) is 0 Å². The summed E-state index contributed by atoms with van der Waals surface area (Å²) in [7, 11) is -2.02. The lowest BCUT2D eigenvalue weighted by atomic mass is 10.4. The summed E-state index contributed by atoms with van der Waals surface area (Å²) in [5, 5.41) is 8.08. The molecule has 0 radical (unpaired) electrons. The molecule has 0 fully saturated rings. The van der Waals surface area contributed by atoms with Crippen LogP contribution < -0.4 is 0 Å². The first kappa shape index (κ1) is 13.6. The number of hydrogen-bond donors (Lipinski definition) is 2. The molecule has 11 heavy (non-hydrogen) atoms. The molecule has 0 aromatic carbocycles. The molecular weight excluding hydrogens is 163 g/mol. The van der Waals surface area contributed by atoms with Crippen molar-refractivity contribution < 1.29 is 14.6 Å². The van der Waals surface area contributed by atoms with Gasteiger partial charge in [0.2, 0.25) is 0 Å². The van der Waals surface area contributed by atoms with Gasteiger partial charge in [-0.05, 0) is 4.57 Å². The Morgan fingerprint density at radius 2 is 1.73 bits per heavy atom. The fourth-order valence-corrected chi connectivity index (χ4v) is 0.618. The Bertz CT molecular complexity index is 83.8. The predicted molar refractivity (Wildman–Crippen MR) is 47.0 cm³/mol. The van der Waals surface area contributed by atoms with Crippen molar-refractivity contribution in [1.82, 2.24) is 0 Å². The van der Waals surface area contributed by atoms with E-state index in [2.05, 4.69) is 13.8 Å². The monoisotopic (exact) mass is 181 g/mol. The molecule has 0 aliphatic carbocycles. The molecule has 4 heteroatoms. The van der Waals surface area contributed by atoms with E-state index in [9.17, 15) is 4.57 Å². The Labute approximate surface area is 69.3 Å². The van der Waals surface area contributed by atoms with E-state index in [4.69, 9.17) is 10.00 Å². The topological polar surface area (TPSA) is 57.5 Å². The number of rotatable bonds is 4. The van der Waals surface area contributed by atoms with Gasteiger partial charge in [-0.25, -0.2) is 0 Å². The van der Waals surface area contributed by atoms with Crippen LogP contribution in [0.2, 0.25) is 0 Å². The van der Waals surface area contributed by atoms with E-state index in [1.54, 1.807) is 0 Å². The van der Waals surface area contributed by atoms with Gasteiger partial charge in [-0.1, -0.05) is 26.7 Å². The third-order valence-corrected chi connectivity index (χ3v) is 1.71. The van der Waals surface area contributed by atoms with Crippen LogP contribution in [0.15, 0.2) is 0 Å². The third kappa shape index (κ3) is 25.6. The summed E-state index contributed by atoms with van der Waals surface area (Å²) in [6, 6.07) is 0. The van der Waals surface area contributed by atoms with Crippen molar-refractivity contribution in [2.45, 2.75) is 33.1 Å². The minimum Gasteiger partial charge on any atom is -0.396 e. The highest BCUT2D eigenvalue weighted by atomic mass is 31.1. The first-order valence-corrected chi connectivity index (χ1v) is 5.33. The summed E-state index contributed by atoms with van der Waals surface area (Å²) < 4.78 is 9.80. The highest BCUT2D eigenvalue weighted by Gasteiger charge is 2.06. The highest BCUT2D eigenvalue weighted by Crippen LogP contribution is 2.12. The maximum atomic E-state index is 9.80. The van der Waals surface area contributed by atoms with Gasteiger partial charge in [0.15, 0.2) is 6.16 Å². The van der Waals surface area contributed by atoms with Crippen LogP contribution in [-0.2, 0) is 4.57 Å². The first-order chi connectivity index (χ1) is 5.18. The zero-order valence-electron chi connectivity index (χ0n) is 7.29. The van der Waals surface area contributed by atoms with E-state index < -0.39 is 8.03 Å². The fourth-order valence-electron chi connectivity index (χ4n) is 0.206. The Morgan fingerprint density at radius 3 is 1.82 bits per heavy atom. The molecule has 0 amide bonds. The van der Waals surface area contributed by atoms with Crippen molar-refractivity contribution in [3.05, 3.63) is 0 Å². The molecule has 0 aliphatic heterocycles. The molecule has 0 aliphatic rings. The maximum Gasteiger partial charge on any atom is 0.505 e. The molecule has 1 unspecified atom stereocenters. The van der Waals surface area contributed by atoms with Gasteiger partial charge in [-0.15, -0.1) is 0 Å². The van der Waals surface area contributed by atoms with Crippen molar-refractivity contribution in [1.29, 1.82) is 0 Å². The Balaban J connectivity index is 0. The summed E-state index contributed by atoms with van der Waals surface area (Å²) in [6.07, 6.45) is 3.28. The van der Waals surface area contributed by atoms with E-state index in [-0.39, 0.29) is 12.8 Å². The summed E-state index contributed by atoms with van der Waals surface area (Å²) in [6.45, 7) is 4.36. The quantitative estimate of drug-likeness (QED) is 0.651. The van der Waals surface area contributed by atoms with Gasteiger partial charge in [-0.2, -0.15) is 4.89 Å². The van der Waals surface area contributed by atoms with E-state index >= 15 is 0 Å². The lowest BCUT2D eigenvalue weighted by molar-refractivity contribution is 0.294. The second-order valence-electron chi connectivity index (χ2n) is 2.15. The summed E-state index contributed by atoms with van der Waals surface area (Å²) >= 11 is 0. The Kier molecular flexibility index (Phi) is 15.7. The molecule has 3 nitrogen and oxygen atoms in total. The molecule has 0 aromatic rings. The molecule has 0 heterocycles. The number of aliphatic hydroxyl groups excluding tert-OH is 1. The highest BCUT2D eigenvalue weighted by molar-refractivity contribution is 7.37. The van der Waals surface area contributed by atoms with Crippen molar-refractivity contribution >= 4 is 8.03 Å². The van der Waals surface area contributed by atoms with Gasteiger partial charge in [-0.3, -0.25) is 0 Å². The van der Waals surface area contributed by atoms with Crippen molar-refractivity contribution in [3.63, 3.8) is 0 Å². The maximum absolute atomic E-state index is 9.80. The second-order valence-corrected chi connectivity index (χ2v) is 3.30. The van der Waals surface area contributed by atoms with Gasteiger partial charge < -0.3 is 5.11 Å². The number of hydrogen-bond acceptors (Lipinski definition) is 2. The summed E-state index contributed by atoms with van der Waals surface area (Å²) in [5.41, 5.74) is 0. The van der Waals surface area contributed by atoms with Crippen molar-refractivity contribution in [3.8, 4) is 0 Å². The lowest BCUT2D eigenvalue weighted by Crippen LogP contribution is -1.83.